The molecule has 6 heteroatoms. The Balaban J connectivity index is 1.87. The van der Waals surface area contributed by atoms with Crippen LogP contribution < -0.4 is 5.32 Å². The molecule has 2 N–H and O–H groups in total. The number of likely N-dealkylation sites (tertiary alicyclic amines) is 1. The molecule has 1 saturated heterocycles. The Morgan fingerprint density at radius 3 is 2.56 bits per heavy atom. The molecule has 1 unspecified atom stereocenters. The lowest BCUT2D eigenvalue weighted by Gasteiger charge is -2.25. The molecular formula is C19H29N3O3. The van der Waals surface area contributed by atoms with E-state index in [2.05, 4.69) is 5.32 Å². The van der Waals surface area contributed by atoms with Crippen molar-refractivity contribution in [1.29, 1.82) is 0 Å². The van der Waals surface area contributed by atoms with Gasteiger partial charge in [0.15, 0.2) is 0 Å². The van der Waals surface area contributed by atoms with Gasteiger partial charge in [-0.3, -0.25) is 14.5 Å². The highest BCUT2D eigenvalue weighted by Gasteiger charge is 2.23. The number of benzene rings is 1. The second-order valence-corrected chi connectivity index (χ2v) is 6.89. The van der Waals surface area contributed by atoms with Crippen LogP contribution in [-0.4, -0.2) is 66.1 Å². The predicted molar refractivity (Wildman–Crippen MR) is 98.9 cm³/mol. The molecule has 0 saturated carbocycles. The maximum Gasteiger partial charge on any atom is 0.317 e. The fourth-order valence-corrected chi connectivity index (χ4v) is 3.48. The van der Waals surface area contributed by atoms with Crippen molar-refractivity contribution in [3.05, 3.63) is 29.3 Å². The summed E-state index contributed by atoms with van der Waals surface area (Å²) in [5.74, 6) is -0.707. The highest BCUT2D eigenvalue weighted by Crippen LogP contribution is 2.20. The van der Waals surface area contributed by atoms with E-state index in [0.717, 1.165) is 42.6 Å². The molecule has 25 heavy (non-hydrogen) atoms. The highest BCUT2D eigenvalue weighted by molar-refractivity contribution is 5.81. The number of carboxylic acids is 1. The largest absolute Gasteiger partial charge is 0.480 e. The third-order valence-corrected chi connectivity index (χ3v) is 4.96. The number of carbonyl (C=O) groups excluding carboxylic acids is 1. The van der Waals surface area contributed by atoms with Crippen LogP contribution in [0.4, 0.5) is 5.69 Å². The first-order chi connectivity index (χ1) is 11.9. The standard InChI is InChI=1S/C19H29N3O3/c1-14-6-4-7-15(2)19(14)20-12-17(23)22-10-5-8-16(9-11-22)21(3)13-18(24)25/h4,6-7,16,20H,5,8-13H2,1-3H3,(H,24,25). The molecule has 1 amide bonds. The van der Waals surface area contributed by atoms with E-state index in [1.165, 1.54) is 0 Å². The zero-order valence-electron chi connectivity index (χ0n) is 15.4. The van der Waals surface area contributed by atoms with Gasteiger partial charge in [0.1, 0.15) is 0 Å². The molecule has 0 radical (unpaired) electrons. The van der Waals surface area contributed by atoms with Crippen molar-refractivity contribution < 1.29 is 14.7 Å². The first-order valence-corrected chi connectivity index (χ1v) is 8.88. The van der Waals surface area contributed by atoms with Crippen LogP contribution in [-0.2, 0) is 9.59 Å². The molecule has 0 spiro atoms. The summed E-state index contributed by atoms with van der Waals surface area (Å²) in [6.45, 7) is 5.84. The number of aryl methyl sites for hydroxylation is 2. The molecule has 1 heterocycles. The number of hydrogen-bond donors (Lipinski definition) is 2. The van der Waals surface area contributed by atoms with E-state index < -0.39 is 5.97 Å². The Kier molecular flexibility index (Phi) is 6.82. The van der Waals surface area contributed by atoms with Crippen molar-refractivity contribution in [3.63, 3.8) is 0 Å². The molecule has 1 aromatic carbocycles. The second kappa shape index (κ2) is 8.85. The summed E-state index contributed by atoms with van der Waals surface area (Å²) in [5, 5.41) is 12.2. The lowest BCUT2D eigenvalue weighted by molar-refractivity contribution is -0.138. The first kappa shape index (κ1) is 19.2. The van der Waals surface area contributed by atoms with Gasteiger partial charge in [-0.1, -0.05) is 18.2 Å². The number of hydrogen-bond acceptors (Lipinski definition) is 4. The zero-order valence-corrected chi connectivity index (χ0v) is 15.4. The predicted octanol–water partition coefficient (Wildman–Crippen LogP) is 2.11. The summed E-state index contributed by atoms with van der Waals surface area (Å²) in [5.41, 5.74) is 3.31. The van der Waals surface area contributed by atoms with Crippen molar-refractivity contribution >= 4 is 17.6 Å². The SMILES string of the molecule is Cc1cccc(C)c1NCC(=O)N1CCCC(N(C)CC(=O)O)CC1. The molecule has 1 aliphatic rings. The fourth-order valence-electron chi connectivity index (χ4n) is 3.48. The van der Waals surface area contributed by atoms with Gasteiger partial charge in [0.05, 0.1) is 13.1 Å². The summed E-state index contributed by atoms with van der Waals surface area (Å²) in [4.78, 5) is 27.2. The Labute approximate surface area is 149 Å². The number of likely N-dealkylation sites (N-methyl/N-ethyl adjacent to an activating group) is 1. The third-order valence-electron chi connectivity index (χ3n) is 4.96. The van der Waals surface area contributed by atoms with Gasteiger partial charge < -0.3 is 15.3 Å². The molecule has 0 bridgehead atoms. The number of amides is 1. The smallest absolute Gasteiger partial charge is 0.317 e. The summed E-state index contributed by atoms with van der Waals surface area (Å²) in [7, 11) is 1.85. The average Bonchev–Trinajstić information content (AvgIpc) is 2.79. The van der Waals surface area contributed by atoms with Crippen molar-refractivity contribution in [2.24, 2.45) is 0 Å². The quantitative estimate of drug-likeness (QED) is 0.825. The number of nitrogens with zero attached hydrogens (tertiary/aromatic N) is 2. The van der Waals surface area contributed by atoms with Crippen LogP contribution in [0.25, 0.3) is 0 Å². The number of carbonyl (C=O) groups is 2. The van der Waals surface area contributed by atoms with E-state index in [0.29, 0.717) is 13.1 Å². The number of rotatable bonds is 6. The monoisotopic (exact) mass is 347 g/mol. The molecule has 2 rings (SSSR count). The topological polar surface area (TPSA) is 72.9 Å². The van der Waals surface area contributed by atoms with E-state index in [1.807, 2.05) is 48.9 Å². The lowest BCUT2D eigenvalue weighted by Crippen LogP contribution is -2.39. The van der Waals surface area contributed by atoms with Gasteiger partial charge in [0.2, 0.25) is 5.91 Å². The summed E-state index contributed by atoms with van der Waals surface area (Å²) in [6.07, 6.45) is 2.65. The van der Waals surface area contributed by atoms with Crippen LogP contribution in [0.5, 0.6) is 0 Å². The van der Waals surface area contributed by atoms with Crippen LogP contribution in [0.1, 0.15) is 30.4 Å². The Morgan fingerprint density at radius 2 is 1.92 bits per heavy atom. The van der Waals surface area contributed by atoms with Gasteiger partial charge in [-0.15, -0.1) is 0 Å². The van der Waals surface area contributed by atoms with E-state index in [4.69, 9.17) is 5.11 Å². The number of anilines is 1. The van der Waals surface area contributed by atoms with Gasteiger partial charge >= 0.3 is 5.97 Å². The van der Waals surface area contributed by atoms with Crippen molar-refractivity contribution in [2.45, 2.75) is 39.2 Å². The molecular weight excluding hydrogens is 318 g/mol. The van der Waals surface area contributed by atoms with Crippen LogP contribution in [0.2, 0.25) is 0 Å². The van der Waals surface area contributed by atoms with Crippen LogP contribution in [0, 0.1) is 13.8 Å². The summed E-state index contributed by atoms with van der Waals surface area (Å²) < 4.78 is 0. The Hall–Kier alpha value is -2.08. The normalized spacial score (nSPS) is 18.1. The minimum absolute atomic E-state index is 0.0483. The molecule has 6 nitrogen and oxygen atoms in total. The number of carboxylic acid groups (broad SMARTS) is 1. The zero-order chi connectivity index (χ0) is 18.4. The maximum absolute atomic E-state index is 12.6. The fraction of sp³-hybridized carbons (Fsp3) is 0.579. The van der Waals surface area contributed by atoms with Gasteiger partial charge in [0.25, 0.3) is 0 Å². The Bertz CT molecular complexity index is 598. The molecule has 0 aromatic heterocycles. The minimum atomic E-state index is -0.808. The van der Waals surface area contributed by atoms with Crippen molar-refractivity contribution in [1.82, 2.24) is 9.80 Å². The van der Waals surface area contributed by atoms with Crippen molar-refractivity contribution in [2.75, 3.05) is 38.5 Å². The molecule has 1 atom stereocenters. The van der Waals surface area contributed by atoms with Crippen LogP contribution >= 0.6 is 0 Å². The van der Waals surface area contributed by atoms with Crippen LogP contribution in [0.3, 0.4) is 0 Å². The lowest BCUT2D eigenvalue weighted by atomic mass is 10.1. The number of aliphatic carboxylic acids is 1. The van der Waals surface area contributed by atoms with Crippen molar-refractivity contribution in [3.8, 4) is 0 Å². The maximum atomic E-state index is 12.6. The first-order valence-electron chi connectivity index (χ1n) is 8.88. The second-order valence-electron chi connectivity index (χ2n) is 6.89. The van der Waals surface area contributed by atoms with E-state index in [1.54, 1.807) is 0 Å². The third kappa shape index (κ3) is 5.46. The molecule has 138 valence electrons. The van der Waals surface area contributed by atoms with Gasteiger partial charge in [0, 0.05) is 24.8 Å². The van der Waals surface area contributed by atoms with Gasteiger partial charge in [-0.05, 0) is 51.3 Å². The summed E-state index contributed by atoms with van der Waals surface area (Å²) in [6, 6.07) is 6.31. The highest BCUT2D eigenvalue weighted by atomic mass is 16.4. The molecule has 1 aliphatic heterocycles. The number of para-hydroxylation sites is 1. The van der Waals surface area contributed by atoms with Gasteiger partial charge in [-0.25, -0.2) is 0 Å². The van der Waals surface area contributed by atoms with E-state index in [-0.39, 0.29) is 18.5 Å². The van der Waals surface area contributed by atoms with E-state index >= 15 is 0 Å². The van der Waals surface area contributed by atoms with Gasteiger partial charge in [-0.2, -0.15) is 0 Å². The number of nitrogens with one attached hydrogen (secondary N) is 1. The van der Waals surface area contributed by atoms with Crippen LogP contribution in [0.15, 0.2) is 18.2 Å². The summed E-state index contributed by atoms with van der Waals surface area (Å²) >= 11 is 0. The minimum Gasteiger partial charge on any atom is -0.480 e. The molecule has 0 aliphatic carbocycles. The van der Waals surface area contributed by atoms with E-state index in [9.17, 15) is 9.59 Å². The Morgan fingerprint density at radius 1 is 1.24 bits per heavy atom. The average molecular weight is 347 g/mol. The molecule has 1 aromatic rings. The molecule has 1 fully saturated rings.